The van der Waals surface area contributed by atoms with Gasteiger partial charge in [-0.2, -0.15) is 4.67 Å². The quantitative estimate of drug-likeness (QED) is 0.155. The van der Waals surface area contributed by atoms with Gasteiger partial charge in [0.15, 0.2) is 0 Å². The molecule has 6 aromatic carbocycles. The van der Waals surface area contributed by atoms with Crippen LogP contribution in [0.1, 0.15) is 50.9 Å². The number of rotatable bonds is 8. The lowest BCUT2D eigenvalue weighted by Gasteiger charge is -2.32. The molecule has 0 aliphatic heterocycles. The molecule has 46 heavy (non-hydrogen) atoms. The maximum Gasteiger partial charge on any atom is 0.310 e. The Morgan fingerprint density at radius 3 is 1.72 bits per heavy atom. The summed E-state index contributed by atoms with van der Waals surface area (Å²) >= 11 is 0. The molecule has 0 saturated heterocycles. The van der Waals surface area contributed by atoms with E-state index in [0.717, 1.165) is 28.6 Å². The smallest absolute Gasteiger partial charge is 0.310 e. The molecule has 0 bridgehead atoms. The van der Waals surface area contributed by atoms with Crippen LogP contribution in [0.25, 0.3) is 43.5 Å². The number of nitrogens with zero attached hydrogens (tertiary/aromatic N) is 1. The van der Waals surface area contributed by atoms with Crippen molar-refractivity contribution < 1.29 is 8.39 Å². The van der Waals surface area contributed by atoms with Crippen molar-refractivity contribution in [3.63, 3.8) is 0 Å². The Morgan fingerprint density at radius 1 is 0.609 bits per heavy atom. The first-order valence-corrected chi connectivity index (χ1v) is 20.6. The molecule has 5 heteroatoms. The minimum Gasteiger partial charge on any atom is -0.408 e. The second-order valence-electron chi connectivity index (χ2n) is 12.8. The Kier molecular flexibility index (Phi) is 8.38. The van der Waals surface area contributed by atoms with Crippen LogP contribution in [0.3, 0.4) is 0 Å². The van der Waals surface area contributed by atoms with Crippen LogP contribution >= 0.6 is 8.16 Å². The van der Waals surface area contributed by atoms with Gasteiger partial charge in [0.05, 0.1) is 8.07 Å². The van der Waals surface area contributed by atoms with Crippen molar-refractivity contribution in [2.45, 2.75) is 58.4 Å². The van der Waals surface area contributed by atoms with E-state index in [1.54, 1.807) is 0 Å². The van der Waals surface area contributed by atoms with E-state index < -0.39 is 16.2 Å². The van der Waals surface area contributed by atoms with Gasteiger partial charge >= 0.3 is 8.16 Å². The predicted molar refractivity (Wildman–Crippen MR) is 201 cm³/mol. The number of benzene rings is 6. The summed E-state index contributed by atoms with van der Waals surface area (Å²) in [6, 6.07) is 48.2. The minimum atomic E-state index is -1.92. The molecule has 0 saturated carbocycles. The molecule has 0 fully saturated rings. The Morgan fingerprint density at radius 2 is 1.13 bits per heavy atom. The largest absolute Gasteiger partial charge is 0.408 e. The molecule has 0 amide bonds. The topological polar surface area (TPSA) is 29.5 Å². The van der Waals surface area contributed by atoms with Gasteiger partial charge in [0, 0.05) is 22.9 Å². The third-order valence-corrected chi connectivity index (χ3v) is 16.8. The number of hydrogen-bond acceptors (Lipinski definition) is 3. The third kappa shape index (κ3) is 5.29. The van der Waals surface area contributed by atoms with Crippen LogP contribution in [-0.2, 0) is 0 Å². The normalized spacial score (nSPS) is 13.9. The van der Waals surface area contributed by atoms with Gasteiger partial charge in [0.1, 0.15) is 11.2 Å². The van der Waals surface area contributed by atoms with Crippen molar-refractivity contribution in [2.75, 3.05) is 4.67 Å². The fourth-order valence-corrected chi connectivity index (χ4v) is 11.3. The first-order chi connectivity index (χ1) is 22.4. The highest BCUT2D eigenvalue weighted by Gasteiger charge is 2.33. The zero-order valence-corrected chi connectivity index (χ0v) is 29.3. The van der Waals surface area contributed by atoms with E-state index in [2.05, 4.69) is 166 Å². The summed E-state index contributed by atoms with van der Waals surface area (Å²) < 4.78 is 17.3. The van der Waals surface area contributed by atoms with Crippen molar-refractivity contribution in [1.29, 1.82) is 0 Å². The van der Waals surface area contributed by atoms with Crippen molar-refractivity contribution in [1.82, 2.24) is 0 Å². The lowest BCUT2D eigenvalue weighted by atomic mass is 9.98. The van der Waals surface area contributed by atoms with E-state index in [9.17, 15) is 0 Å². The summed E-state index contributed by atoms with van der Waals surface area (Å²) in [5.74, 6) is 0. The van der Waals surface area contributed by atoms with Crippen molar-refractivity contribution in [3.8, 4) is 0 Å². The van der Waals surface area contributed by atoms with Crippen LogP contribution in [0.15, 0.2) is 136 Å². The first kappa shape index (κ1) is 30.6. The van der Waals surface area contributed by atoms with Crippen LogP contribution in [0.5, 0.6) is 0 Å². The van der Waals surface area contributed by atoms with Gasteiger partial charge in [-0.05, 0) is 57.8 Å². The van der Waals surface area contributed by atoms with E-state index in [1.165, 1.54) is 43.2 Å². The standard InChI is InChI=1S/C41H42NO2PSi/c1-6-46(5,7-2)38-28-34-23-15-17-25-36(34)40-39-35-24-16-14-22-33(35)26-27-37(39)43-45(44-41(38)40)42(29(3)31-18-10-8-11-19-31)30(4)32-20-12-9-13-21-32/h8-30H,6-7H2,1-5H3/t29-,30-,45?/m1/s1. The number of hydrogen-bond donors (Lipinski definition) is 0. The average Bonchev–Trinajstić information content (AvgIpc) is 3.29. The summed E-state index contributed by atoms with van der Waals surface area (Å²) in [7, 11) is -3.51. The van der Waals surface area contributed by atoms with Gasteiger partial charge in [0.25, 0.3) is 0 Å². The molecule has 1 unspecified atom stereocenters. The lowest BCUT2D eigenvalue weighted by Crippen LogP contribution is -2.43. The molecule has 1 heterocycles. The van der Waals surface area contributed by atoms with E-state index in [1.807, 2.05) is 0 Å². The van der Waals surface area contributed by atoms with Gasteiger partial charge in [0.2, 0.25) is 0 Å². The molecule has 0 spiro atoms. The van der Waals surface area contributed by atoms with Crippen LogP contribution in [0.2, 0.25) is 18.6 Å². The van der Waals surface area contributed by atoms with Gasteiger partial charge in [-0.25, -0.2) is 0 Å². The zero-order chi connectivity index (χ0) is 31.8. The Hall–Kier alpha value is -4.08. The highest BCUT2D eigenvalue weighted by atomic mass is 31.1. The Bertz CT molecular complexity index is 2150. The Labute approximate surface area is 274 Å². The van der Waals surface area contributed by atoms with E-state index in [4.69, 9.17) is 8.39 Å². The highest BCUT2D eigenvalue weighted by Crippen LogP contribution is 2.48. The first-order valence-electron chi connectivity index (χ1n) is 16.6. The third-order valence-electron chi connectivity index (χ3n) is 10.2. The van der Waals surface area contributed by atoms with Gasteiger partial charge in [-0.3, -0.25) is 0 Å². The summed E-state index contributed by atoms with van der Waals surface area (Å²) in [6.45, 7) is 11.8. The van der Waals surface area contributed by atoms with Gasteiger partial charge < -0.3 is 8.39 Å². The maximum atomic E-state index is 7.53. The molecular formula is C41H42NO2PSi. The molecule has 0 aliphatic carbocycles. The predicted octanol–water partition coefficient (Wildman–Crippen LogP) is 12.4. The van der Waals surface area contributed by atoms with Crippen molar-refractivity contribution >= 4 is 64.9 Å². The van der Waals surface area contributed by atoms with Crippen LogP contribution < -0.4 is 9.86 Å². The SMILES string of the molecule is CC[Si](C)(CC)c1cc2ccccc2c2c1op(N([C@H](C)c1ccccc1)[C@H](C)c1ccccc1)oc1ccc3ccccc3c12. The summed E-state index contributed by atoms with van der Waals surface area (Å²) in [6.07, 6.45) is 0. The molecular weight excluding hydrogens is 598 g/mol. The average molecular weight is 640 g/mol. The zero-order valence-electron chi connectivity index (χ0n) is 27.4. The molecule has 0 N–H and O–H groups in total. The molecule has 7 rings (SSSR count). The summed E-state index contributed by atoms with van der Waals surface area (Å²) in [5.41, 5.74) is 4.38. The molecule has 0 radical (unpaired) electrons. The Balaban J connectivity index is 1.69. The molecule has 3 nitrogen and oxygen atoms in total. The van der Waals surface area contributed by atoms with E-state index in [-0.39, 0.29) is 12.1 Å². The van der Waals surface area contributed by atoms with Crippen molar-refractivity contribution in [3.05, 3.63) is 139 Å². The molecule has 0 aliphatic rings. The maximum absolute atomic E-state index is 7.53. The molecule has 7 aromatic rings. The van der Waals surface area contributed by atoms with Gasteiger partial charge in [-0.15, -0.1) is 0 Å². The van der Waals surface area contributed by atoms with Crippen molar-refractivity contribution in [2.24, 2.45) is 0 Å². The fraction of sp³-hybridized carbons (Fsp3) is 0.220. The second-order valence-corrected chi connectivity index (χ2v) is 19.1. The second kappa shape index (κ2) is 12.6. The van der Waals surface area contributed by atoms with Gasteiger partial charge in [-0.1, -0.05) is 154 Å². The molecule has 3 atom stereocenters. The molecule has 1 aromatic heterocycles. The number of fused-ring (bicyclic) bond motifs is 7. The molecule has 232 valence electrons. The van der Waals surface area contributed by atoms with Crippen LogP contribution in [0.4, 0.5) is 0 Å². The fourth-order valence-electron chi connectivity index (χ4n) is 7.00. The minimum absolute atomic E-state index is 0.0397. The lowest BCUT2D eigenvalue weighted by molar-refractivity contribution is 0.559. The summed E-state index contributed by atoms with van der Waals surface area (Å²) in [5, 5.41) is 8.57. The monoisotopic (exact) mass is 639 g/mol. The van der Waals surface area contributed by atoms with E-state index >= 15 is 0 Å². The van der Waals surface area contributed by atoms with E-state index in [0.29, 0.717) is 0 Å². The van der Waals surface area contributed by atoms with Crippen LogP contribution in [0, 0.1) is 0 Å². The van der Waals surface area contributed by atoms with Crippen LogP contribution in [-0.4, -0.2) is 8.07 Å². The highest BCUT2D eigenvalue weighted by molar-refractivity contribution is 7.39. The summed E-state index contributed by atoms with van der Waals surface area (Å²) in [4.78, 5) is 0.